The van der Waals surface area contributed by atoms with Crippen LogP contribution in [-0.4, -0.2) is 54.3 Å². The highest BCUT2D eigenvalue weighted by atomic mass is 32.2. The molecule has 0 aromatic heterocycles. The van der Waals surface area contributed by atoms with E-state index in [-0.39, 0.29) is 11.5 Å². The zero-order chi connectivity index (χ0) is 15.0. The first kappa shape index (κ1) is 16.6. The van der Waals surface area contributed by atoms with Gasteiger partial charge in [-0.1, -0.05) is 0 Å². The van der Waals surface area contributed by atoms with Gasteiger partial charge in [0.05, 0.1) is 16.5 Å². The molecule has 0 saturated carbocycles. The minimum absolute atomic E-state index is 0.0107. The van der Waals surface area contributed by atoms with Crippen molar-refractivity contribution in [2.24, 2.45) is 5.92 Å². The second kappa shape index (κ2) is 5.78. The van der Waals surface area contributed by atoms with E-state index in [9.17, 15) is 13.5 Å². The number of hydrogen-bond acceptors (Lipinski definition) is 5. The van der Waals surface area contributed by atoms with Crippen LogP contribution in [0.1, 0.15) is 39.5 Å². The van der Waals surface area contributed by atoms with Gasteiger partial charge >= 0.3 is 0 Å². The van der Waals surface area contributed by atoms with Crippen LogP contribution in [0.25, 0.3) is 0 Å². The lowest BCUT2D eigenvalue weighted by atomic mass is 9.77. The van der Waals surface area contributed by atoms with Crippen molar-refractivity contribution < 1.29 is 18.3 Å². The molecule has 6 heteroatoms. The smallest absolute Gasteiger partial charge is 0.155 e. The zero-order valence-corrected chi connectivity index (χ0v) is 14.2. The third-order valence-corrected chi connectivity index (χ3v) is 8.19. The van der Waals surface area contributed by atoms with Gasteiger partial charge in [-0.3, -0.25) is 0 Å². The average Bonchev–Trinajstić information content (AvgIpc) is 2.37. The highest BCUT2D eigenvalue weighted by Crippen LogP contribution is 2.42. The number of thioether (sulfide) groups is 1. The summed E-state index contributed by atoms with van der Waals surface area (Å²) in [5.41, 5.74) is -0.122. The normalized spacial score (nSPS) is 29.3. The Labute approximate surface area is 126 Å². The second-order valence-electron chi connectivity index (χ2n) is 6.72. The van der Waals surface area contributed by atoms with E-state index >= 15 is 0 Å². The predicted octanol–water partition coefficient (Wildman–Crippen LogP) is 1.86. The van der Waals surface area contributed by atoms with E-state index in [0.717, 1.165) is 37.2 Å². The monoisotopic (exact) mass is 322 g/mol. The Bertz CT molecular complexity index is 433. The van der Waals surface area contributed by atoms with Crippen LogP contribution in [0.15, 0.2) is 0 Å². The number of sulfone groups is 1. The maximum Gasteiger partial charge on any atom is 0.155 e. The van der Waals surface area contributed by atoms with E-state index in [0.29, 0.717) is 6.61 Å². The van der Waals surface area contributed by atoms with Crippen molar-refractivity contribution in [2.75, 3.05) is 24.4 Å². The van der Waals surface area contributed by atoms with Gasteiger partial charge in [0.2, 0.25) is 0 Å². The molecule has 4 nitrogen and oxygen atoms in total. The number of rotatable bonds is 3. The molecule has 2 unspecified atom stereocenters. The van der Waals surface area contributed by atoms with Crippen molar-refractivity contribution in [3.63, 3.8) is 0 Å². The highest BCUT2D eigenvalue weighted by molar-refractivity contribution is 7.99. The first-order valence-electron chi connectivity index (χ1n) is 7.27. The van der Waals surface area contributed by atoms with Gasteiger partial charge in [-0.15, -0.1) is 0 Å². The zero-order valence-electron chi connectivity index (χ0n) is 12.6. The molecule has 2 aliphatic heterocycles. The van der Waals surface area contributed by atoms with E-state index in [1.807, 2.05) is 11.8 Å². The molecule has 2 aliphatic rings. The van der Waals surface area contributed by atoms with Crippen LogP contribution in [-0.2, 0) is 14.6 Å². The van der Waals surface area contributed by atoms with Gasteiger partial charge in [0.25, 0.3) is 0 Å². The summed E-state index contributed by atoms with van der Waals surface area (Å²) in [6, 6.07) is 0. The lowest BCUT2D eigenvalue weighted by Crippen LogP contribution is -2.52. The standard InChI is InChI=1S/C14H26O4S2/c1-13(2,20(3,16)17)12(15)11-4-7-18-14(10-11)5-8-19-9-6-14/h11-12,15H,4-10H2,1-3H3. The lowest BCUT2D eigenvalue weighted by Gasteiger charge is -2.46. The second-order valence-corrected chi connectivity index (χ2v) is 10.5. The molecule has 0 aliphatic carbocycles. The molecule has 0 amide bonds. The topological polar surface area (TPSA) is 63.6 Å². The molecule has 1 spiro atoms. The summed E-state index contributed by atoms with van der Waals surface area (Å²) < 4.78 is 28.7. The van der Waals surface area contributed by atoms with Crippen LogP contribution in [0.4, 0.5) is 0 Å². The third-order valence-electron chi connectivity index (χ3n) is 5.05. The Morgan fingerprint density at radius 1 is 1.35 bits per heavy atom. The van der Waals surface area contributed by atoms with Crippen molar-refractivity contribution >= 4 is 21.6 Å². The fraction of sp³-hybridized carbons (Fsp3) is 1.00. The van der Waals surface area contributed by atoms with Gasteiger partial charge < -0.3 is 9.84 Å². The maximum absolute atomic E-state index is 11.9. The van der Waals surface area contributed by atoms with Crippen molar-refractivity contribution in [1.82, 2.24) is 0 Å². The first-order chi connectivity index (χ1) is 9.18. The minimum atomic E-state index is -3.29. The van der Waals surface area contributed by atoms with Crippen molar-refractivity contribution in [1.29, 1.82) is 0 Å². The van der Waals surface area contributed by atoms with Crippen LogP contribution < -0.4 is 0 Å². The molecule has 2 saturated heterocycles. The summed E-state index contributed by atoms with van der Waals surface area (Å²) >= 11 is 1.94. The van der Waals surface area contributed by atoms with Crippen molar-refractivity contribution in [3.8, 4) is 0 Å². The summed E-state index contributed by atoms with van der Waals surface area (Å²) in [6.07, 6.45) is 3.94. The number of aliphatic hydroxyl groups is 1. The Balaban J connectivity index is 2.12. The van der Waals surface area contributed by atoms with E-state index in [4.69, 9.17) is 4.74 Å². The molecule has 118 valence electrons. The molecular weight excluding hydrogens is 296 g/mol. The Kier molecular flexibility index (Phi) is 4.80. The third kappa shape index (κ3) is 3.18. The molecule has 0 aromatic rings. The summed E-state index contributed by atoms with van der Waals surface area (Å²) in [5.74, 6) is 2.20. The summed E-state index contributed by atoms with van der Waals surface area (Å²) in [7, 11) is -3.29. The lowest BCUT2D eigenvalue weighted by molar-refractivity contribution is -0.123. The van der Waals surface area contributed by atoms with Gasteiger partial charge in [0.1, 0.15) is 0 Å². The van der Waals surface area contributed by atoms with Crippen LogP contribution >= 0.6 is 11.8 Å². The quantitative estimate of drug-likeness (QED) is 0.859. The van der Waals surface area contributed by atoms with Gasteiger partial charge in [-0.2, -0.15) is 11.8 Å². The average molecular weight is 322 g/mol. The van der Waals surface area contributed by atoms with E-state index in [1.54, 1.807) is 13.8 Å². The molecule has 0 radical (unpaired) electrons. The fourth-order valence-electron chi connectivity index (χ4n) is 3.21. The maximum atomic E-state index is 11.9. The minimum Gasteiger partial charge on any atom is -0.391 e. The van der Waals surface area contributed by atoms with Gasteiger partial charge in [0, 0.05) is 12.9 Å². The number of hydrogen-bond donors (Lipinski definition) is 1. The Hall–Kier alpha value is 0.220. The molecule has 0 bridgehead atoms. The number of ether oxygens (including phenoxy) is 1. The predicted molar refractivity (Wildman–Crippen MR) is 82.9 cm³/mol. The Morgan fingerprint density at radius 2 is 1.95 bits per heavy atom. The molecule has 2 heterocycles. The Morgan fingerprint density at radius 3 is 2.50 bits per heavy atom. The van der Waals surface area contributed by atoms with Crippen LogP contribution in [0.5, 0.6) is 0 Å². The van der Waals surface area contributed by atoms with Crippen molar-refractivity contribution in [2.45, 2.75) is 56.0 Å². The molecule has 2 fully saturated rings. The van der Waals surface area contributed by atoms with Crippen molar-refractivity contribution in [3.05, 3.63) is 0 Å². The van der Waals surface area contributed by atoms with Crippen LogP contribution in [0, 0.1) is 5.92 Å². The van der Waals surface area contributed by atoms with Gasteiger partial charge in [-0.05, 0) is 57.0 Å². The van der Waals surface area contributed by atoms with Gasteiger partial charge in [-0.25, -0.2) is 8.42 Å². The van der Waals surface area contributed by atoms with E-state index in [2.05, 4.69) is 0 Å². The van der Waals surface area contributed by atoms with E-state index < -0.39 is 20.7 Å². The summed E-state index contributed by atoms with van der Waals surface area (Å²) in [4.78, 5) is 0. The first-order valence-corrected chi connectivity index (χ1v) is 10.3. The molecule has 2 rings (SSSR count). The molecule has 0 aromatic carbocycles. The SMILES string of the molecule is CC(C)(C(O)C1CCOC2(CCSCC2)C1)S(C)(=O)=O. The summed E-state index contributed by atoms with van der Waals surface area (Å²) in [6.45, 7) is 3.89. The summed E-state index contributed by atoms with van der Waals surface area (Å²) in [5, 5.41) is 10.6. The van der Waals surface area contributed by atoms with Crippen LogP contribution in [0.2, 0.25) is 0 Å². The molecule has 20 heavy (non-hydrogen) atoms. The highest BCUT2D eigenvalue weighted by Gasteiger charge is 2.47. The molecular formula is C14H26O4S2. The van der Waals surface area contributed by atoms with Gasteiger partial charge in [0.15, 0.2) is 9.84 Å². The van der Waals surface area contributed by atoms with E-state index in [1.165, 1.54) is 6.26 Å². The van der Waals surface area contributed by atoms with Crippen LogP contribution in [0.3, 0.4) is 0 Å². The fourth-order valence-corrected chi connectivity index (χ4v) is 5.08. The largest absolute Gasteiger partial charge is 0.391 e. The number of aliphatic hydroxyl groups excluding tert-OH is 1. The molecule has 2 atom stereocenters. The molecule has 1 N–H and O–H groups in total.